The summed E-state index contributed by atoms with van der Waals surface area (Å²) < 4.78 is 18.0. The Morgan fingerprint density at radius 3 is 2.91 bits per heavy atom. The molecule has 10 nitrogen and oxygen atoms in total. The van der Waals surface area contributed by atoms with Crippen LogP contribution >= 0.6 is 11.8 Å². The summed E-state index contributed by atoms with van der Waals surface area (Å²) in [5.74, 6) is 0.0715. The van der Waals surface area contributed by atoms with E-state index in [1.165, 1.54) is 41.0 Å². The molecule has 1 N–H and O–H groups in total. The molecule has 1 unspecified atom stereocenters. The third kappa shape index (κ3) is 4.61. The number of benzene rings is 1. The predicted molar refractivity (Wildman–Crippen MR) is 128 cm³/mol. The van der Waals surface area contributed by atoms with Crippen LogP contribution in [0.25, 0.3) is 11.0 Å². The Labute approximate surface area is 202 Å². The van der Waals surface area contributed by atoms with Gasteiger partial charge in [-0.15, -0.1) is 0 Å². The minimum atomic E-state index is -0.366. The van der Waals surface area contributed by atoms with Gasteiger partial charge in [0, 0.05) is 30.5 Å². The SMILES string of the molecule is Cc1cnc2n(c1=O)C(CC(=O)NCCn1ncc3c(=O)n(Cc4cccc(F)c4)cnc31)CS2. The molecule has 0 fully saturated rings. The van der Waals surface area contributed by atoms with Crippen molar-refractivity contribution in [1.29, 1.82) is 0 Å². The number of aromatic nitrogens is 6. The fourth-order valence-electron chi connectivity index (χ4n) is 4.06. The second kappa shape index (κ2) is 9.45. The van der Waals surface area contributed by atoms with Gasteiger partial charge in [-0.3, -0.25) is 23.5 Å². The molecule has 0 bridgehead atoms. The number of aryl methyl sites for hydroxylation is 1. The van der Waals surface area contributed by atoms with Gasteiger partial charge in [0.25, 0.3) is 11.1 Å². The zero-order valence-corrected chi connectivity index (χ0v) is 19.7. The molecule has 4 aromatic rings. The molecule has 0 saturated heterocycles. The Balaban J connectivity index is 1.22. The Kier molecular flexibility index (Phi) is 6.20. The van der Waals surface area contributed by atoms with Crippen LogP contribution < -0.4 is 16.4 Å². The van der Waals surface area contributed by atoms with Gasteiger partial charge in [-0.05, 0) is 24.6 Å². The fourth-order valence-corrected chi connectivity index (χ4v) is 5.17. The standard InChI is InChI=1S/C23H22FN7O3S/c1-14-9-26-23-31(21(14)33)17(12-35-23)8-19(32)25-5-6-30-20-18(10-28-30)22(34)29(13-27-20)11-15-3-2-4-16(24)7-15/h2-4,7,9-10,13,17H,5-6,8,11-12H2,1H3,(H,25,32). The van der Waals surface area contributed by atoms with Crippen LogP contribution in [0.5, 0.6) is 0 Å². The number of carbonyl (C=O) groups excluding carboxylic acids is 1. The van der Waals surface area contributed by atoms with Crippen LogP contribution in [0.2, 0.25) is 0 Å². The maximum absolute atomic E-state index is 13.4. The van der Waals surface area contributed by atoms with Crippen molar-refractivity contribution >= 4 is 28.7 Å². The summed E-state index contributed by atoms with van der Waals surface area (Å²) in [5.41, 5.74) is 1.22. The van der Waals surface area contributed by atoms with Gasteiger partial charge in [0.1, 0.15) is 17.5 Å². The minimum Gasteiger partial charge on any atom is -0.354 e. The average Bonchev–Trinajstić information content (AvgIpc) is 3.43. The van der Waals surface area contributed by atoms with Crippen molar-refractivity contribution < 1.29 is 9.18 Å². The molecule has 1 aromatic carbocycles. The number of fused-ring (bicyclic) bond motifs is 2. The van der Waals surface area contributed by atoms with Crippen LogP contribution in [0.3, 0.4) is 0 Å². The predicted octanol–water partition coefficient (Wildman–Crippen LogP) is 1.50. The number of nitrogens with zero attached hydrogens (tertiary/aromatic N) is 6. The smallest absolute Gasteiger partial charge is 0.264 e. The first-order valence-electron chi connectivity index (χ1n) is 11.0. The molecular weight excluding hydrogens is 473 g/mol. The molecule has 1 atom stereocenters. The molecule has 180 valence electrons. The Hall–Kier alpha value is -3.80. The van der Waals surface area contributed by atoms with Crippen LogP contribution in [0.4, 0.5) is 4.39 Å². The van der Waals surface area contributed by atoms with Gasteiger partial charge in [-0.1, -0.05) is 23.9 Å². The first-order valence-corrected chi connectivity index (χ1v) is 12.0. The lowest BCUT2D eigenvalue weighted by atomic mass is 10.2. The van der Waals surface area contributed by atoms with E-state index < -0.39 is 0 Å². The largest absolute Gasteiger partial charge is 0.354 e. The van der Waals surface area contributed by atoms with E-state index in [9.17, 15) is 18.8 Å². The minimum absolute atomic E-state index is 0.116. The summed E-state index contributed by atoms with van der Waals surface area (Å²) in [5, 5.41) is 8.07. The molecule has 35 heavy (non-hydrogen) atoms. The van der Waals surface area contributed by atoms with E-state index in [0.717, 1.165) is 0 Å². The topological polar surface area (TPSA) is 117 Å². The number of nitrogens with one attached hydrogen (secondary N) is 1. The van der Waals surface area contributed by atoms with E-state index in [4.69, 9.17) is 0 Å². The Morgan fingerprint density at radius 1 is 1.23 bits per heavy atom. The highest BCUT2D eigenvalue weighted by Crippen LogP contribution is 2.31. The summed E-state index contributed by atoms with van der Waals surface area (Å²) in [6.45, 7) is 2.52. The summed E-state index contributed by atoms with van der Waals surface area (Å²) in [7, 11) is 0. The molecule has 1 aliphatic heterocycles. The van der Waals surface area contributed by atoms with Crippen LogP contribution in [0.15, 0.2) is 57.7 Å². The highest BCUT2D eigenvalue weighted by Gasteiger charge is 2.27. The number of rotatable bonds is 7. The van der Waals surface area contributed by atoms with E-state index >= 15 is 0 Å². The average molecular weight is 496 g/mol. The van der Waals surface area contributed by atoms with Crippen LogP contribution in [0.1, 0.15) is 23.6 Å². The first-order chi connectivity index (χ1) is 16.9. The Morgan fingerprint density at radius 2 is 2.09 bits per heavy atom. The molecule has 5 rings (SSSR count). The molecule has 1 amide bonds. The molecule has 12 heteroatoms. The second-order valence-corrected chi connectivity index (χ2v) is 9.32. The van der Waals surface area contributed by atoms with Crippen molar-refractivity contribution in [3.63, 3.8) is 0 Å². The van der Waals surface area contributed by atoms with E-state index in [-0.39, 0.29) is 48.4 Å². The normalized spacial score (nSPS) is 14.9. The van der Waals surface area contributed by atoms with Gasteiger partial charge in [-0.2, -0.15) is 5.10 Å². The summed E-state index contributed by atoms with van der Waals surface area (Å²) in [6, 6.07) is 5.82. The molecule has 0 spiro atoms. The van der Waals surface area contributed by atoms with Crippen molar-refractivity contribution in [2.24, 2.45) is 0 Å². The molecule has 0 radical (unpaired) electrons. The van der Waals surface area contributed by atoms with Gasteiger partial charge in [0.05, 0.1) is 25.3 Å². The van der Waals surface area contributed by atoms with Gasteiger partial charge in [-0.25, -0.2) is 19.0 Å². The molecule has 4 heterocycles. The molecule has 1 aliphatic rings. The van der Waals surface area contributed by atoms with Gasteiger partial charge >= 0.3 is 0 Å². The molecule has 0 aliphatic carbocycles. The lowest BCUT2D eigenvalue weighted by Gasteiger charge is -2.13. The summed E-state index contributed by atoms with van der Waals surface area (Å²) in [4.78, 5) is 46.4. The zero-order chi connectivity index (χ0) is 24.5. The highest BCUT2D eigenvalue weighted by atomic mass is 32.2. The van der Waals surface area contributed by atoms with Crippen molar-refractivity contribution in [1.82, 2.24) is 34.2 Å². The van der Waals surface area contributed by atoms with Crippen LogP contribution in [0, 0.1) is 12.7 Å². The van der Waals surface area contributed by atoms with E-state index in [1.807, 2.05) is 0 Å². The van der Waals surface area contributed by atoms with Crippen molar-refractivity contribution in [2.45, 2.75) is 37.6 Å². The quantitative estimate of drug-likeness (QED) is 0.386. The maximum Gasteiger partial charge on any atom is 0.264 e. The highest BCUT2D eigenvalue weighted by molar-refractivity contribution is 7.99. The summed E-state index contributed by atoms with van der Waals surface area (Å²) >= 11 is 1.47. The fraction of sp³-hybridized carbons (Fsp3) is 0.304. The number of thioether (sulfide) groups is 1. The zero-order valence-electron chi connectivity index (χ0n) is 18.8. The number of amides is 1. The van der Waals surface area contributed by atoms with Crippen molar-refractivity contribution in [3.8, 4) is 0 Å². The number of hydrogen-bond donors (Lipinski definition) is 1. The number of carbonyl (C=O) groups is 1. The van der Waals surface area contributed by atoms with Gasteiger partial charge in [0.2, 0.25) is 5.91 Å². The number of halogens is 1. The summed E-state index contributed by atoms with van der Waals surface area (Å²) in [6.07, 6.45) is 4.59. The second-order valence-electron chi connectivity index (χ2n) is 8.33. The molecule has 3 aromatic heterocycles. The lowest BCUT2D eigenvalue weighted by Crippen LogP contribution is -2.33. The maximum atomic E-state index is 13.4. The van der Waals surface area contributed by atoms with Gasteiger partial charge in [0.15, 0.2) is 10.8 Å². The van der Waals surface area contributed by atoms with Crippen molar-refractivity contribution in [2.75, 3.05) is 12.3 Å². The number of hydrogen-bond acceptors (Lipinski definition) is 7. The van der Waals surface area contributed by atoms with E-state index in [0.29, 0.717) is 39.6 Å². The monoisotopic (exact) mass is 495 g/mol. The van der Waals surface area contributed by atoms with Crippen LogP contribution in [-0.2, 0) is 17.9 Å². The van der Waals surface area contributed by atoms with Crippen molar-refractivity contribution in [3.05, 3.63) is 80.6 Å². The first kappa shape index (κ1) is 23.0. The van der Waals surface area contributed by atoms with E-state index in [1.54, 1.807) is 34.5 Å². The third-order valence-corrected chi connectivity index (χ3v) is 6.94. The molecule has 0 saturated carbocycles. The van der Waals surface area contributed by atoms with Crippen LogP contribution in [-0.4, -0.2) is 47.1 Å². The Bertz CT molecular complexity index is 1540. The lowest BCUT2D eigenvalue weighted by molar-refractivity contribution is -0.121. The van der Waals surface area contributed by atoms with E-state index in [2.05, 4.69) is 20.4 Å². The third-order valence-electron chi connectivity index (χ3n) is 5.83. The molecular formula is C23H22FN7O3S. The van der Waals surface area contributed by atoms with Gasteiger partial charge < -0.3 is 5.32 Å².